The van der Waals surface area contributed by atoms with E-state index in [9.17, 15) is 9.18 Å². The lowest BCUT2D eigenvalue weighted by Gasteiger charge is -2.25. The van der Waals surface area contributed by atoms with Crippen molar-refractivity contribution in [2.45, 2.75) is 19.4 Å². The van der Waals surface area contributed by atoms with Crippen molar-refractivity contribution in [3.05, 3.63) is 77.4 Å². The zero-order chi connectivity index (χ0) is 20.1. The second kappa shape index (κ2) is 8.80. The summed E-state index contributed by atoms with van der Waals surface area (Å²) in [6.07, 6.45) is 0.0821. The van der Waals surface area contributed by atoms with Crippen molar-refractivity contribution in [1.29, 1.82) is 0 Å². The van der Waals surface area contributed by atoms with Crippen LogP contribution in [0.15, 0.2) is 59.0 Å². The summed E-state index contributed by atoms with van der Waals surface area (Å²) in [6.45, 7) is 2.21. The van der Waals surface area contributed by atoms with E-state index in [1.165, 1.54) is 6.07 Å². The predicted molar refractivity (Wildman–Crippen MR) is 106 cm³/mol. The van der Waals surface area contributed by atoms with Gasteiger partial charge < -0.3 is 14.6 Å². The molecule has 5 nitrogen and oxygen atoms in total. The third-order valence-corrected chi connectivity index (χ3v) is 4.63. The number of aromatic nitrogens is 1. The Kier molecular flexibility index (Phi) is 6.21. The zero-order valence-electron chi connectivity index (χ0n) is 16.3. The van der Waals surface area contributed by atoms with Gasteiger partial charge in [-0.2, -0.15) is 0 Å². The van der Waals surface area contributed by atoms with Crippen LogP contribution >= 0.6 is 0 Å². The first-order valence-corrected chi connectivity index (χ1v) is 9.15. The van der Waals surface area contributed by atoms with Crippen molar-refractivity contribution in [3.8, 4) is 11.5 Å². The number of likely N-dealkylation sites (N-methyl/N-ethyl adjacent to an activating group) is 1. The van der Waals surface area contributed by atoms with E-state index >= 15 is 0 Å². The second-order valence-corrected chi connectivity index (χ2v) is 6.87. The summed E-state index contributed by atoms with van der Waals surface area (Å²) in [4.78, 5) is 18.8. The average molecular weight is 381 g/mol. The SMILES string of the molecule is Cc1oc(-c2ccccc2F)nc1CC(=O)NCC(c1ccccc1)N(C)C. The Labute approximate surface area is 164 Å². The van der Waals surface area contributed by atoms with E-state index in [0.29, 0.717) is 18.0 Å². The van der Waals surface area contributed by atoms with Crippen LogP contribution in [-0.2, 0) is 11.2 Å². The number of oxazole rings is 1. The van der Waals surface area contributed by atoms with Gasteiger partial charge in [0.25, 0.3) is 0 Å². The summed E-state index contributed by atoms with van der Waals surface area (Å²) < 4.78 is 19.5. The number of carbonyl (C=O) groups is 1. The van der Waals surface area contributed by atoms with Gasteiger partial charge in [0.05, 0.1) is 23.7 Å². The Hall–Kier alpha value is -2.99. The molecule has 1 heterocycles. The minimum absolute atomic E-state index is 0.0672. The lowest BCUT2D eigenvalue weighted by atomic mass is 10.1. The summed E-state index contributed by atoms with van der Waals surface area (Å²) in [5, 5.41) is 2.96. The number of amides is 1. The molecule has 1 unspecified atom stereocenters. The number of nitrogens with zero attached hydrogens (tertiary/aromatic N) is 2. The molecule has 146 valence electrons. The Morgan fingerprint density at radius 2 is 1.82 bits per heavy atom. The fraction of sp³-hybridized carbons (Fsp3) is 0.273. The summed E-state index contributed by atoms with van der Waals surface area (Å²) in [6, 6.07) is 16.4. The van der Waals surface area contributed by atoms with Gasteiger partial charge >= 0.3 is 0 Å². The van der Waals surface area contributed by atoms with Crippen LogP contribution in [0.5, 0.6) is 0 Å². The molecule has 28 heavy (non-hydrogen) atoms. The molecular formula is C22H24FN3O2. The van der Waals surface area contributed by atoms with Crippen LogP contribution in [0.25, 0.3) is 11.5 Å². The molecule has 0 aliphatic carbocycles. The monoisotopic (exact) mass is 381 g/mol. The van der Waals surface area contributed by atoms with Crippen LogP contribution < -0.4 is 5.32 Å². The highest BCUT2D eigenvalue weighted by atomic mass is 19.1. The molecule has 3 aromatic rings. The maximum Gasteiger partial charge on any atom is 0.229 e. The number of hydrogen-bond donors (Lipinski definition) is 1. The molecule has 0 fully saturated rings. The molecule has 0 saturated carbocycles. The van der Waals surface area contributed by atoms with Gasteiger partial charge in [-0.15, -0.1) is 0 Å². The molecule has 1 N–H and O–H groups in total. The van der Waals surface area contributed by atoms with Gasteiger partial charge in [0.15, 0.2) is 0 Å². The molecule has 1 amide bonds. The Balaban J connectivity index is 1.66. The van der Waals surface area contributed by atoms with E-state index in [1.54, 1.807) is 25.1 Å². The van der Waals surface area contributed by atoms with Gasteiger partial charge in [-0.05, 0) is 38.7 Å². The molecule has 0 radical (unpaired) electrons. The van der Waals surface area contributed by atoms with Gasteiger partial charge in [-0.3, -0.25) is 4.79 Å². The standard InChI is InChI=1S/C22H24FN3O2/c1-15-19(25-22(28-15)17-11-7-8-12-18(17)23)13-21(27)24-14-20(26(2)3)16-9-5-4-6-10-16/h4-12,20H,13-14H2,1-3H3,(H,24,27). The van der Waals surface area contributed by atoms with E-state index in [2.05, 4.69) is 15.2 Å². The van der Waals surface area contributed by atoms with Crippen LogP contribution in [0.2, 0.25) is 0 Å². The van der Waals surface area contributed by atoms with Crippen LogP contribution in [0.1, 0.15) is 23.1 Å². The van der Waals surface area contributed by atoms with Crippen LogP contribution in [-0.4, -0.2) is 36.4 Å². The molecule has 3 rings (SSSR count). The van der Waals surface area contributed by atoms with Crippen molar-refractivity contribution in [2.24, 2.45) is 0 Å². The Morgan fingerprint density at radius 1 is 1.14 bits per heavy atom. The highest BCUT2D eigenvalue weighted by Crippen LogP contribution is 2.24. The minimum Gasteiger partial charge on any atom is -0.441 e. The number of carbonyl (C=O) groups excluding carboxylic acids is 1. The van der Waals surface area contributed by atoms with Crippen LogP contribution in [0, 0.1) is 12.7 Å². The van der Waals surface area contributed by atoms with Crippen molar-refractivity contribution in [3.63, 3.8) is 0 Å². The second-order valence-electron chi connectivity index (χ2n) is 6.87. The van der Waals surface area contributed by atoms with E-state index in [0.717, 1.165) is 5.56 Å². The molecule has 0 aliphatic heterocycles. The normalized spacial score (nSPS) is 12.2. The predicted octanol–water partition coefficient (Wildman–Crippen LogP) is 3.75. The topological polar surface area (TPSA) is 58.4 Å². The smallest absolute Gasteiger partial charge is 0.229 e. The van der Waals surface area contributed by atoms with Crippen molar-refractivity contribution < 1.29 is 13.6 Å². The molecule has 2 aromatic carbocycles. The summed E-state index contributed by atoms with van der Waals surface area (Å²) in [5.41, 5.74) is 1.93. The number of hydrogen-bond acceptors (Lipinski definition) is 4. The zero-order valence-corrected chi connectivity index (χ0v) is 16.3. The largest absolute Gasteiger partial charge is 0.441 e. The number of benzene rings is 2. The quantitative estimate of drug-likeness (QED) is 0.677. The maximum absolute atomic E-state index is 13.9. The van der Waals surface area contributed by atoms with Gasteiger partial charge in [0.2, 0.25) is 11.8 Å². The van der Waals surface area contributed by atoms with Crippen molar-refractivity contribution in [2.75, 3.05) is 20.6 Å². The molecule has 1 aromatic heterocycles. The van der Waals surface area contributed by atoms with E-state index in [1.807, 2.05) is 44.4 Å². The molecule has 0 aliphatic rings. The van der Waals surface area contributed by atoms with E-state index in [4.69, 9.17) is 4.42 Å². The third-order valence-electron chi connectivity index (χ3n) is 4.63. The lowest BCUT2D eigenvalue weighted by Crippen LogP contribution is -2.35. The highest BCUT2D eigenvalue weighted by Gasteiger charge is 2.19. The first kappa shape index (κ1) is 19.8. The summed E-state index contributed by atoms with van der Waals surface area (Å²) >= 11 is 0. The molecule has 0 saturated heterocycles. The number of rotatable bonds is 7. The molecule has 1 atom stereocenters. The molecule has 0 bridgehead atoms. The fourth-order valence-electron chi connectivity index (χ4n) is 3.04. The van der Waals surface area contributed by atoms with Crippen molar-refractivity contribution >= 4 is 5.91 Å². The third kappa shape index (κ3) is 4.64. The van der Waals surface area contributed by atoms with E-state index < -0.39 is 5.82 Å². The fourth-order valence-corrected chi connectivity index (χ4v) is 3.04. The lowest BCUT2D eigenvalue weighted by molar-refractivity contribution is -0.120. The summed E-state index contributed by atoms with van der Waals surface area (Å²) in [5.74, 6) is 0.144. The maximum atomic E-state index is 13.9. The van der Waals surface area contributed by atoms with Crippen LogP contribution in [0.4, 0.5) is 4.39 Å². The summed E-state index contributed by atoms with van der Waals surface area (Å²) in [7, 11) is 3.96. The number of halogens is 1. The first-order chi connectivity index (χ1) is 13.5. The van der Waals surface area contributed by atoms with Gasteiger partial charge in [0, 0.05) is 6.54 Å². The van der Waals surface area contributed by atoms with Crippen molar-refractivity contribution in [1.82, 2.24) is 15.2 Å². The Morgan fingerprint density at radius 3 is 2.50 bits per heavy atom. The average Bonchev–Trinajstić information content (AvgIpc) is 3.03. The number of aryl methyl sites for hydroxylation is 1. The first-order valence-electron chi connectivity index (χ1n) is 9.15. The van der Waals surface area contributed by atoms with Gasteiger partial charge in [0.1, 0.15) is 11.6 Å². The Bertz CT molecular complexity index is 938. The van der Waals surface area contributed by atoms with Gasteiger partial charge in [-0.25, -0.2) is 9.37 Å². The number of nitrogens with one attached hydrogen (secondary N) is 1. The van der Waals surface area contributed by atoms with Gasteiger partial charge in [-0.1, -0.05) is 42.5 Å². The highest BCUT2D eigenvalue weighted by molar-refractivity contribution is 5.78. The molecule has 6 heteroatoms. The molecule has 0 spiro atoms. The molecular weight excluding hydrogens is 357 g/mol. The van der Waals surface area contributed by atoms with E-state index in [-0.39, 0.29) is 29.8 Å². The van der Waals surface area contributed by atoms with Crippen LogP contribution in [0.3, 0.4) is 0 Å². The minimum atomic E-state index is -0.406.